The first-order valence-electron chi connectivity index (χ1n) is 6.11. The summed E-state index contributed by atoms with van der Waals surface area (Å²) in [6, 6.07) is 5.93. The van der Waals surface area contributed by atoms with Gasteiger partial charge in [0.15, 0.2) is 5.58 Å². The molecule has 1 saturated heterocycles. The molecule has 0 atom stereocenters. The Morgan fingerprint density at radius 3 is 3.06 bits per heavy atom. The number of nitrogens with zero attached hydrogens (tertiary/aromatic N) is 2. The summed E-state index contributed by atoms with van der Waals surface area (Å²) in [6.07, 6.45) is 0.366. The number of rotatable bonds is 4. The van der Waals surface area contributed by atoms with Gasteiger partial charge in [0.1, 0.15) is 5.52 Å². The Morgan fingerprint density at radius 1 is 1.50 bits per heavy atom. The number of nitrogens with one attached hydrogen (secondary N) is 1. The molecule has 0 amide bonds. The quantitative estimate of drug-likeness (QED) is 0.891. The second kappa shape index (κ2) is 4.59. The first-order chi connectivity index (χ1) is 8.78. The fourth-order valence-corrected chi connectivity index (χ4v) is 2.19. The van der Waals surface area contributed by atoms with Gasteiger partial charge < -0.3 is 14.5 Å². The van der Waals surface area contributed by atoms with Crippen LogP contribution in [0, 0.1) is 0 Å². The van der Waals surface area contributed by atoms with E-state index >= 15 is 0 Å². The van der Waals surface area contributed by atoms with E-state index in [4.69, 9.17) is 9.15 Å². The lowest BCUT2D eigenvalue weighted by Crippen LogP contribution is -2.50. The maximum atomic E-state index is 5.72. The van der Waals surface area contributed by atoms with Crippen LogP contribution >= 0.6 is 0 Å². The van der Waals surface area contributed by atoms with E-state index in [0.29, 0.717) is 6.10 Å². The highest BCUT2D eigenvalue weighted by Crippen LogP contribution is 2.22. The molecule has 1 aromatic heterocycles. The van der Waals surface area contributed by atoms with Crippen LogP contribution in [0.25, 0.3) is 11.1 Å². The summed E-state index contributed by atoms with van der Waals surface area (Å²) in [6.45, 7) is 2.66. The highest BCUT2D eigenvalue weighted by atomic mass is 16.5. The van der Waals surface area contributed by atoms with Crippen molar-refractivity contribution in [1.29, 1.82) is 0 Å². The largest absolute Gasteiger partial charge is 0.439 e. The lowest BCUT2D eigenvalue weighted by Gasteiger charge is -2.37. The van der Waals surface area contributed by atoms with Gasteiger partial charge in [0.2, 0.25) is 5.89 Å². The molecule has 5 heteroatoms. The summed E-state index contributed by atoms with van der Waals surface area (Å²) < 4.78 is 11.0. The SMILES string of the molecule is CNc1ccc2oc(CN3CC(OC)C3)nc2c1. The Hall–Kier alpha value is -1.59. The summed E-state index contributed by atoms with van der Waals surface area (Å²) in [4.78, 5) is 6.77. The number of ether oxygens (including phenoxy) is 1. The van der Waals surface area contributed by atoms with Crippen LogP contribution in [0.15, 0.2) is 22.6 Å². The van der Waals surface area contributed by atoms with E-state index in [1.165, 1.54) is 0 Å². The zero-order valence-corrected chi connectivity index (χ0v) is 10.6. The van der Waals surface area contributed by atoms with Crippen LogP contribution in [-0.2, 0) is 11.3 Å². The maximum Gasteiger partial charge on any atom is 0.209 e. The number of methoxy groups -OCH3 is 1. The smallest absolute Gasteiger partial charge is 0.209 e. The molecule has 0 saturated carbocycles. The van der Waals surface area contributed by atoms with Gasteiger partial charge in [-0.1, -0.05) is 0 Å². The molecule has 5 nitrogen and oxygen atoms in total. The number of aromatic nitrogens is 1. The van der Waals surface area contributed by atoms with E-state index in [-0.39, 0.29) is 0 Å². The van der Waals surface area contributed by atoms with E-state index in [1.54, 1.807) is 7.11 Å². The van der Waals surface area contributed by atoms with Crippen molar-refractivity contribution >= 4 is 16.8 Å². The maximum absolute atomic E-state index is 5.72. The molecule has 96 valence electrons. The van der Waals surface area contributed by atoms with E-state index in [2.05, 4.69) is 15.2 Å². The molecular formula is C13H17N3O2. The van der Waals surface area contributed by atoms with Crippen LogP contribution < -0.4 is 5.32 Å². The standard InChI is InChI=1S/C13H17N3O2/c1-14-9-3-4-12-11(5-9)15-13(18-12)8-16-6-10(7-16)17-2/h3-5,10,14H,6-8H2,1-2H3. The molecule has 0 bridgehead atoms. The third-order valence-corrected chi connectivity index (χ3v) is 3.34. The molecule has 0 unspecified atom stereocenters. The molecule has 2 aromatic rings. The fraction of sp³-hybridized carbons (Fsp3) is 0.462. The normalized spacial score (nSPS) is 17.0. The van der Waals surface area contributed by atoms with Gasteiger partial charge in [-0.25, -0.2) is 4.98 Å². The predicted molar refractivity (Wildman–Crippen MR) is 69.6 cm³/mol. The van der Waals surface area contributed by atoms with Crippen molar-refractivity contribution in [3.8, 4) is 0 Å². The van der Waals surface area contributed by atoms with E-state index in [0.717, 1.165) is 42.3 Å². The second-order valence-corrected chi connectivity index (χ2v) is 4.59. The van der Waals surface area contributed by atoms with Gasteiger partial charge >= 0.3 is 0 Å². The molecule has 0 radical (unpaired) electrons. The Bertz CT molecular complexity index is 546. The van der Waals surface area contributed by atoms with Crippen molar-refractivity contribution in [3.05, 3.63) is 24.1 Å². The van der Waals surface area contributed by atoms with Gasteiger partial charge in [-0.15, -0.1) is 0 Å². The second-order valence-electron chi connectivity index (χ2n) is 4.59. The number of anilines is 1. The molecule has 0 aliphatic carbocycles. The number of hydrogen-bond acceptors (Lipinski definition) is 5. The van der Waals surface area contributed by atoms with Gasteiger partial charge in [-0.05, 0) is 18.2 Å². The first-order valence-corrected chi connectivity index (χ1v) is 6.11. The number of hydrogen-bond donors (Lipinski definition) is 1. The Balaban J connectivity index is 1.73. The molecule has 18 heavy (non-hydrogen) atoms. The Labute approximate surface area is 106 Å². The molecule has 2 heterocycles. The number of fused-ring (bicyclic) bond motifs is 1. The van der Waals surface area contributed by atoms with Crippen LogP contribution in [0.4, 0.5) is 5.69 Å². The molecular weight excluding hydrogens is 230 g/mol. The number of oxazole rings is 1. The van der Waals surface area contributed by atoms with Gasteiger partial charge in [-0.3, -0.25) is 4.90 Å². The minimum atomic E-state index is 0.366. The van der Waals surface area contributed by atoms with E-state index in [9.17, 15) is 0 Å². The van der Waals surface area contributed by atoms with Crippen molar-refractivity contribution in [1.82, 2.24) is 9.88 Å². The van der Waals surface area contributed by atoms with Gasteiger partial charge in [-0.2, -0.15) is 0 Å². The van der Waals surface area contributed by atoms with Gasteiger partial charge in [0.05, 0.1) is 12.6 Å². The van der Waals surface area contributed by atoms with Crippen LogP contribution in [0.5, 0.6) is 0 Å². The molecule has 1 fully saturated rings. The van der Waals surface area contributed by atoms with Gasteiger partial charge in [0, 0.05) is 32.9 Å². The molecule has 1 aliphatic rings. The fourth-order valence-electron chi connectivity index (χ4n) is 2.19. The average Bonchev–Trinajstić information content (AvgIpc) is 2.74. The third-order valence-electron chi connectivity index (χ3n) is 3.34. The summed E-state index contributed by atoms with van der Waals surface area (Å²) in [5, 5.41) is 3.10. The predicted octanol–water partition coefficient (Wildman–Crippen LogP) is 1.70. The molecule has 1 aliphatic heterocycles. The van der Waals surface area contributed by atoms with Crippen LogP contribution in [-0.4, -0.2) is 43.2 Å². The average molecular weight is 247 g/mol. The molecule has 0 spiro atoms. The zero-order chi connectivity index (χ0) is 12.5. The number of likely N-dealkylation sites (tertiary alicyclic amines) is 1. The highest BCUT2D eigenvalue weighted by molar-refractivity contribution is 5.77. The zero-order valence-electron chi connectivity index (χ0n) is 10.6. The Kier molecular flexibility index (Phi) is 2.93. The highest BCUT2D eigenvalue weighted by Gasteiger charge is 2.27. The van der Waals surface area contributed by atoms with Crippen molar-refractivity contribution < 1.29 is 9.15 Å². The van der Waals surface area contributed by atoms with Crippen molar-refractivity contribution in [2.75, 3.05) is 32.6 Å². The monoisotopic (exact) mass is 247 g/mol. The van der Waals surface area contributed by atoms with Crippen molar-refractivity contribution in [2.45, 2.75) is 12.6 Å². The van der Waals surface area contributed by atoms with Crippen LogP contribution in [0.1, 0.15) is 5.89 Å². The summed E-state index contributed by atoms with van der Waals surface area (Å²) >= 11 is 0. The molecule has 3 rings (SSSR count). The van der Waals surface area contributed by atoms with Crippen molar-refractivity contribution in [3.63, 3.8) is 0 Å². The summed E-state index contributed by atoms with van der Waals surface area (Å²) in [7, 11) is 3.65. The number of benzene rings is 1. The Morgan fingerprint density at radius 2 is 2.33 bits per heavy atom. The van der Waals surface area contributed by atoms with Gasteiger partial charge in [0.25, 0.3) is 0 Å². The third kappa shape index (κ3) is 2.07. The summed E-state index contributed by atoms with van der Waals surface area (Å²) in [5.74, 6) is 0.771. The molecule has 1 N–H and O–H groups in total. The lowest BCUT2D eigenvalue weighted by atomic mass is 10.2. The molecule has 1 aromatic carbocycles. The summed E-state index contributed by atoms with van der Waals surface area (Å²) in [5.41, 5.74) is 2.79. The lowest BCUT2D eigenvalue weighted by molar-refractivity contribution is -0.0364. The topological polar surface area (TPSA) is 50.5 Å². The van der Waals surface area contributed by atoms with Crippen LogP contribution in [0.2, 0.25) is 0 Å². The minimum Gasteiger partial charge on any atom is -0.439 e. The van der Waals surface area contributed by atoms with Crippen molar-refractivity contribution in [2.24, 2.45) is 0 Å². The first kappa shape index (κ1) is 11.5. The minimum absolute atomic E-state index is 0.366. The van der Waals surface area contributed by atoms with Crippen LogP contribution in [0.3, 0.4) is 0 Å². The van der Waals surface area contributed by atoms with E-state index < -0.39 is 0 Å². The van der Waals surface area contributed by atoms with E-state index in [1.807, 2.05) is 25.2 Å².